The standard InChI is InChI=1S/C24H27N5O4/c1-28-21(13-19(27-28)15-6-7-15)24(32)29-9-11-33-22(14-29)20-12-17(23(31)25-8-10-30)16-4-2-3-5-18(16)26-20/h2-5,12-13,15,22,30H,6-11,14H2,1H3,(H,25,31). The number of hydrogen-bond donors (Lipinski definition) is 2. The van der Waals surface area contributed by atoms with E-state index in [1.165, 1.54) is 0 Å². The number of benzene rings is 1. The van der Waals surface area contributed by atoms with Crippen molar-refractivity contribution in [2.24, 2.45) is 7.05 Å². The maximum atomic E-state index is 13.3. The van der Waals surface area contributed by atoms with Crippen LogP contribution in [0.15, 0.2) is 36.4 Å². The van der Waals surface area contributed by atoms with E-state index in [9.17, 15) is 9.59 Å². The number of aryl methyl sites for hydroxylation is 1. The molecule has 1 aliphatic carbocycles. The van der Waals surface area contributed by atoms with Gasteiger partial charge in [-0.05, 0) is 31.0 Å². The normalized spacial score (nSPS) is 18.5. The number of aliphatic hydroxyl groups excluding tert-OH is 1. The zero-order chi connectivity index (χ0) is 22.9. The second-order valence-electron chi connectivity index (χ2n) is 8.55. The van der Waals surface area contributed by atoms with Crippen LogP contribution in [0.1, 0.15) is 57.1 Å². The number of nitrogens with one attached hydrogen (secondary N) is 1. The van der Waals surface area contributed by atoms with Crippen LogP contribution in [0.25, 0.3) is 10.9 Å². The van der Waals surface area contributed by atoms with E-state index in [4.69, 9.17) is 14.8 Å². The van der Waals surface area contributed by atoms with Gasteiger partial charge in [-0.2, -0.15) is 5.10 Å². The Hall–Kier alpha value is -3.30. The smallest absolute Gasteiger partial charge is 0.272 e. The highest BCUT2D eigenvalue weighted by atomic mass is 16.5. The number of carbonyl (C=O) groups excluding carboxylic acids is 2. The third kappa shape index (κ3) is 4.34. The molecule has 2 aromatic heterocycles. The molecule has 9 nitrogen and oxygen atoms in total. The Bertz CT molecular complexity index is 1200. The highest BCUT2D eigenvalue weighted by molar-refractivity contribution is 6.06. The van der Waals surface area contributed by atoms with Crippen LogP contribution >= 0.6 is 0 Å². The lowest BCUT2D eigenvalue weighted by Crippen LogP contribution is -2.43. The Labute approximate surface area is 191 Å². The second-order valence-corrected chi connectivity index (χ2v) is 8.55. The highest BCUT2D eigenvalue weighted by Crippen LogP contribution is 2.39. The van der Waals surface area contributed by atoms with Crippen LogP contribution in [-0.4, -0.2) is 69.4 Å². The molecule has 2 fully saturated rings. The average molecular weight is 450 g/mol. The van der Waals surface area contributed by atoms with Gasteiger partial charge in [0.25, 0.3) is 11.8 Å². The molecule has 3 heterocycles. The van der Waals surface area contributed by atoms with Crippen LogP contribution in [0.5, 0.6) is 0 Å². The van der Waals surface area contributed by atoms with Gasteiger partial charge in [0, 0.05) is 31.4 Å². The molecular formula is C24H27N5O4. The molecule has 1 saturated heterocycles. The van der Waals surface area contributed by atoms with Crippen molar-refractivity contribution in [3.05, 3.63) is 59.0 Å². The van der Waals surface area contributed by atoms with E-state index in [1.807, 2.05) is 30.3 Å². The molecule has 172 valence electrons. The van der Waals surface area contributed by atoms with Crippen LogP contribution in [0, 0.1) is 0 Å². The van der Waals surface area contributed by atoms with Gasteiger partial charge in [-0.3, -0.25) is 14.3 Å². The van der Waals surface area contributed by atoms with E-state index in [0.29, 0.717) is 48.1 Å². The van der Waals surface area contributed by atoms with Crippen LogP contribution in [0.3, 0.4) is 0 Å². The van der Waals surface area contributed by atoms with Crippen molar-refractivity contribution >= 4 is 22.7 Å². The molecule has 0 bridgehead atoms. The molecule has 2 aliphatic rings. The average Bonchev–Trinajstić information content (AvgIpc) is 3.63. The van der Waals surface area contributed by atoms with Gasteiger partial charge in [-0.25, -0.2) is 4.98 Å². The van der Waals surface area contributed by atoms with Crippen LogP contribution in [0.4, 0.5) is 0 Å². The summed E-state index contributed by atoms with van der Waals surface area (Å²) in [6.07, 6.45) is 1.81. The lowest BCUT2D eigenvalue weighted by Gasteiger charge is -2.32. The van der Waals surface area contributed by atoms with E-state index in [-0.39, 0.29) is 25.0 Å². The van der Waals surface area contributed by atoms with Gasteiger partial charge in [0.1, 0.15) is 11.8 Å². The highest BCUT2D eigenvalue weighted by Gasteiger charge is 2.32. The maximum absolute atomic E-state index is 13.3. The summed E-state index contributed by atoms with van der Waals surface area (Å²) in [5.41, 5.74) is 3.31. The first-order valence-electron chi connectivity index (χ1n) is 11.3. The quantitative estimate of drug-likeness (QED) is 0.594. The molecule has 33 heavy (non-hydrogen) atoms. The predicted molar refractivity (Wildman–Crippen MR) is 121 cm³/mol. The van der Waals surface area contributed by atoms with Crippen molar-refractivity contribution in [3.63, 3.8) is 0 Å². The summed E-state index contributed by atoms with van der Waals surface area (Å²) < 4.78 is 7.64. The van der Waals surface area contributed by atoms with E-state index >= 15 is 0 Å². The number of morpholine rings is 1. The fourth-order valence-corrected chi connectivity index (χ4v) is 4.26. The first-order chi connectivity index (χ1) is 16.0. The topological polar surface area (TPSA) is 110 Å². The summed E-state index contributed by atoms with van der Waals surface area (Å²) in [7, 11) is 1.80. The monoisotopic (exact) mass is 449 g/mol. The third-order valence-corrected chi connectivity index (χ3v) is 6.17. The number of aliphatic hydroxyl groups is 1. The van der Waals surface area contributed by atoms with Crippen molar-refractivity contribution in [1.29, 1.82) is 0 Å². The molecule has 2 N–H and O–H groups in total. The van der Waals surface area contributed by atoms with Gasteiger partial charge in [0.15, 0.2) is 0 Å². The van der Waals surface area contributed by atoms with Crippen LogP contribution in [0.2, 0.25) is 0 Å². The molecule has 1 unspecified atom stereocenters. The lowest BCUT2D eigenvalue weighted by atomic mass is 10.0. The lowest BCUT2D eigenvalue weighted by molar-refractivity contribution is -0.0249. The van der Waals surface area contributed by atoms with E-state index in [0.717, 1.165) is 23.9 Å². The van der Waals surface area contributed by atoms with E-state index in [2.05, 4.69) is 10.4 Å². The van der Waals surface area contributed by atoms with Crippen LogP contribution < -0.4 is 5.32 Å². The summed E-state index contributed by atoms with van der Waals surface area (Å²) in [5, 5.41) is 17.0. The molecule has 0 radical (unpaired) electrons. The molecule has 0 spiro atoms. The Balaban J connectivity index is 1.41. The molecule has 1 aliphatic heterocycles. The molecule has 1 atom stereocenters. The SMILES string of the molecule is Cn1nc(C2CC2)cc1C(=O)N1CCOC(c2cc(C(=O)NCCO)c3ccccc3n2)C1. The van der Waals surface area contributed by atoms with E-state index in [1.54, 1.807) is 22.7 Å². The minimum absolute atomic E-state index is 0.0769. The van der Waals surface area contributed by atoms with Gasteiger partial charge in [0.05, 0.1) is 42.2 Å². The van der Waals surface area contributed by atoms with Gasteiger partial charge >= 0.3 is 0 Å². The van der Waals surface area contributed by atoms with Crippen molar-refractivity contribution in [3.8, 4) is 0 Å². The summed E-state index contributed by atoms with van der Waals surface area (Å²) >= 11 is 0. The number of hydrogen-bond acceptors (Lipinski definition) is 6. The number of aromatic nitrogens is 3. The zero-order valence-electron chi connectivity index (χ0n) is 18.5. The van der Waals surface area contributed by atoms with E-state index < -0.39 is 6.10 Å². The molecule has 9 heteroatoms. The number of nitrogens with zero attached hydrogens (tertiary/aromatic N) is 4. The number of ether oxygens (including phenoxy) is 1. The third-order valence-electron chi connectivity index (χ3n) is 6.17. The number of rotatable bonds is 6. The van der Waals surface area contributed by atoms with Crippen LogP contribution in [-0.2, 0) is 11.8 Å². The predicted octanol–water partition coefficient (Wildman–Crippen LogP) is 1.78. The van der Waals surface area contributed by atoms with Gasteiger partial charge in [-0.1, -0.05) is 18.2 Å². The fourth-order valence-electron chi connectivity index (χ4n) is 4.26. The van der Waals surface area contributed by atoms with Crippen molar-refractivity contribution < 1.29 is 19.4 Å². The minimum Gasteiger partial charge on any atom is -0.395 e. The largest absolute Gasteiger partial charge is 0.395 e. The first kappa shape index (κ1) is 21.5. The second kappa shape index (κ2) is 8.92. The molecule has 2 amide bonds. The Morgan fingerprint density at radius 2 is 2.03 bits per heavy atom. The number of para-hydroxylation sites is 1. The molecule has 5 rings (SSSR count). The minimum atomic E-state index is -0.451. The van der Waals surface area contributed by atoms with Gasteiger partial charge in [-0.15, -0.1) is 0 Å². The first-order valence-corrected chi connectivity index (χ1v) is 11.3. The van der Waals surface area contributed by atoms with Gasteiger partial charge < -0.3 is 20.1 Å². The number of carbonyl (C=O) groups is 2. The Morgan fingerprint density at radius 1 is 1.21 bits per heavy atom. The zero-order valence-corrected chi connectivity index (χ0v) is 18.5. The summed E-state index contributed by atoms with van der Waals surface area (Å²) in [6.45, 7) is 1.23. The van der Waals surface area contributed by atoms with Gasteiger partial charge in [0.2, 0.25) is 0 Å². The van der Waals surface area contributed by atoms with Crippen molar-refractivity contribution in [1.82, 2.24) is 25.0 Å². The molecule has 1 aromatic carbocycles. The summed E-state index contributed by atoms with van der Waals surface area (Å²) in [4.78, 5) is 32.5. The van der Waals surface area contributed by atoms with Crippen molar-refractivity contribution in [2.75, 3.05) is 32.8 Å². The number of pyridine rings is 1. The number of amides is 2. The Morgan fingerprint density at radius 3 is 2.82 bits per heavy atom. The summed E-state index contributed by atoms with van der Waals surface area (Å²) in [5.74, 6) is 0.120. The fraction of sp³-hybridized carbons (Fsp3) is 0.417. The van der Waals surface area contributed by atoms with Crippen molar-refractivity contribution in [2.45, 2.75) is 24.9 Å². The number of fused-ring (bicyclic) bond motifs is 1. The Kier molecular flexibility index (Phi) is 5.82. The molecule has 1 saturated carbocycles. The molecular weight excluding hydrogens is 422 g/mol. The molecule has 3 aromatic rings. The summed E-state index contributed by atoms with van der Waals surface area (Å²) in [6, 6.07) is 11.0. The maximum Gasteiger partial charge on any atom is 0.272 e.